The lowest BCUT2D eigenvalue weighted by molar-refractivity contribution is -0.167. The number of ether oxygens (including phenoxy) is 3. The first kappa shape index (κ1) is 66.9. The molecule has 0 aromatic carbocycles. The molecule has 0 saturated carbocycles. The first-order chi connectivity index (χ1) is 34.5. The topological polar surface area (TPSA) is 78.9 Å². The van der Waals surface area contributed by atoms with Gasteiger partial charge < -0.3 is 14.2 Å². The summed E-state index contributed by atoms with van der Waals surface area (Å²) in [6.07, 6.45) is 74.7. The van der Waals surface area contributed by atoms with Gasteiger partial charge in [-0.15, -0.1) is 0 Å². The number of unbranched alkanes of at least 4 members (excludes halogenated alkanes) is 31. The van der Waals surface area contributed by atoms with Crippen LogP contribution in [-0.2, 0) is 28.6 Å². The SMILES string of the molecule is CC/C=C\C/C=C\C/C=C\C/C=C\CCCCCCCCCCCCC(=O)OCC(COC(=O)CCCCCCC/C=C\C/C=C\CCC)OC(=O)CCCCCCCCCCCCCCCCCC. The van der Waals surface area contributed by atoms with Gasteiger partial charge in [0.1, 0.15) is 13.2 Å². The molecule has 0 bridgehead atoms. The third kappa shape index (κ3) is 55.8. The molecule has 0 aromatic rings. The van der Waals surface area contributed by atoms with Gasteiger partial charge in [-0.1, -0.05) is 267 Å². The van der Waals surface area contributed by atoms with Gasteiger partial charge in [0.25, 0.3) is 0 Å². The predicted molar refractivity (Wildman–Crippen MR) is 302 cm³/mol. The molecule has 70 heavy (non-hydrogen) atoms. The Morgan fingerprint density at radius 2 is 0.586 bits per heavy atom. The van der Waals surface area contributed by atoms with Gasteiger partial charge in [0.2, 0.25) is 0 Å². The molecule has 6 heteroatoms. The Balaban J connectivity index is 4.32. The second-order valence-corrected chi connectivity index (χ2v) is 19.9. The number of carbonyl (C=O) groups excluding carboxylic acids is 3. The molecule has 0 heterocycles. The molecule has 0 saturated heterocycles. The lowest BCUT2D eigenvalue weighted by Gasteiger charge is -2.18. The number of rotatable bonds is 54. The van der Waals surface area contributed by atoms with Crippen LogP contribution in [0.2, 0.25) is 0 Å². The molecular weight excluding hydrogens is 865 g/mol. The van der Waals surface area contributed by atoms with Crippen LogP contribution in [-0.4, -0.2) is 37.2 Å². The summed E-state index contributed by atoms with van der Waals surface area (Å²) in [6, 6.07) is 0. The van der Waals surface area contributed by atoms with Gasteiger partial charge >= 0.3 is 17.9 Å². The number of hydrogen-bond acceptors (Lipinski definition) is 6. The number of allylic oxidation sites excluding steroid dienone is 12. The van der Waals surface area contributed by atoms with E-state index in [0.29, 0.717) is 19.3 Å². The van der Waals surface area contributed by atoms with Crippen molar-refractivity contribution in [2.45, 2.75) is 303 Å². The van der Waals surface area contributed by atoms with Crippen molar-refractivity contribution < 1.29 is 28.6 Å². The minimum Gasteiger partial charge on any atom is -0.462 e. The molecule has 1 unspecified atom stereocenters. The quantitative estimate of drug-likeness (QED) is 0.0261. The molecular formula is C64H112O6. The second kappa shape index (κ2) is 58.4. The summed E-state index contributed by atoms with van der Waals surface area (Å²) >= 11 is 0. The van der Waals surface area contributed by atoms with Gasteiger partial charge in [0, 0.05) is 19.3 Å². The van der Waals surface area contributed by atoms with Gasteiger partial charge in [-0.25, -0.2) is 0 Å². The highest BCUT2D eigenvalue weighted by Crippen LogP contribution is 2.16. The van der Waals surface area contributed by atoms with Crippen LogP contribution in [0.15, 0.2) is 72.9 Å². The van der Waals surface area contributed by atoms with E-state index in [4.69, 9.17) is 14.2 Å². The molecule has 0 rings (SSSR count). The molecule has 0 amide bonds. The molecule has 404 valence electrons. The summed E-state index contributed by atoms with van der Waals surface area (Å²) in [5.41, 5.74) is 0. The average molecular weight is 978 g/mol. The average Bonchev–Trinajstić information content (AvgIpc) is 3.36. The highest BCUT2D eigenvalue weighted by Gasteiger charge is 2.19. The summed E-state index contributed by atoms with van der Waals surface area (Å²) in [7, 11) is 0. The Bertz CT molecular complexity index is 1310. The number of hydrogen-bond donors (Lipinski definition) is 0. The van der Waals surface area contributed by atoms with Gasteiger partial charge in [-0.05, 0) is 83.5 Å². The highest BCUT2D eigenvalue weighted by atomic mass is 16.6. The molecule has 0 aliphatic heterocycles. The first-order valence-electron chi connectivity index (χ1n) is 29.9. The molecule has 0 radical (unpaired) electrons. The van der Waals surface area contributed by atoms with Crippen molar-refractivity contribution >= 4 is 17.9 Å². The summed E-state index contributed by atoms with van der Waals surface area (Å²) in [5.74, 6) is -0.885. The van der Waals surface area contributed by atoms with Crippen LogP contribution in [0.1, 0.15) is 297 Å². The Labute approximate surface area is 433 Å². The largest absolute Gasteiger partial charge is 0.462 e. The number of carbonyl (C=O) groups is 3. The van der Waals surface area contributed by atoms with Crippen molar-refractivity contribution in [3.63, 3.8) is 0 Å². The zero-order chi connectivity index (χ0) is 50.7. The fourth-order valence-corrected chi connectivity index (χ4v) is 8.47. The Morgan fingerprint density at radius 1 is 0.300 bits per heavy atom. The smallest absolute Gasteiger partial charge is 0.306 e. The summed E-state index contributed by atoms with van der Waals surface area (Å²) in [6.45, 7) is 6.48. The standard InChI is InChI=1S/C64H112O6/c1-4-7-10-13-16-19-22-25-27-29-30-31-32-33-34-35-37-39-42-45-48-51-54-57-63(66)69-60-61(59-68-62(65)56-53-50-47-44-41-38-24-21-18-15-12-9-6-3)70-64(67)58-55-52-49-46-43-40-36-28-26-23-20-17-14-11-8-5-2/h7,10,12,15-16,19,21,24-25,27,30-31,61H,4-6,8-9,11,13-14,17-18,20,22-23,26,28-29,32-60H2,1-3H3/b10-7-,15-12-,19-16-,24-21-,27-25-,31-30-. The van der Waals surface area contributed by atoms with Crippen LogP contribution in [0.25, 0.3) is 0 Å². The molecule has 1 atom stereocenters. The summed E-state index contributed by atoms with van der Waals surface area (Å²) in [4.78, 5) is 38.2. The zero-order valence-corrected chi connectivity index (χ0v) is 46.3. The van der Waals surface area contributed by atoms with Crippen molar-refractivity contribution in [1.29, 1.82) is 0 Å². The van der Waals surface area contributed by atoms with E-state index in [9.17, 15) is 14.4 Å². The minimum atomic E-state index is -0.781. The molecule has 0 N–H and O–H groups in total. The molecule has 0 aromatic heterocycles. The van der Waals surface area contributed by atoms with E-state index in [1.165, 1.54) is 148 Å². The molecule has 0 aliphatic carbocycles. The van der Waals surface area contributed by atoms with Gasteiger partial charge in [-0.3, -0.25) is 14.4 Å². The maximum absolute atomic E-state index is 12.9. The normalized spacial score (nSPS) is 12.6. The van der Waals surface area contributed by atoms with Crippen LogP contribution >= 0.6 is 0 Å². The van der Waals surface area contributed by atoms with Gasteiger partial charge in [-0.2, -0.15) is 0 Å². The van der Waals surface area contributed by atoms with Crippen LogP contribution in [0.5, 0.6) is 0 Å². The maximum Gasteiger partial charge on any atom is 0.306 e. The predicted octanol–water partition coefficient (Wildman–Crippen LogP) is 20.2. The third-order valence-corrected chi connectivity index (χ3v) is 12.9. The van der Waals surface area contributed by atoms with Crippen LogP contribution in [0, 0.1) is 0 Å². The van der Waals surface area contributed by atoms with E-state index in [1.54, 1.807) is 0 Å². The molecule has 0 spiro atoms. The van der Waals surface area contributed by atoms with Crippen molar-refractivity contribution in [2.24, 2.45) is 0 Å². The van der Waals surface area contributed by atoms with E-state index < -0.39 is 6.10 Å². The second-order valence-electron chi connectivity index (χ2n) is 19.9. The fourth-order valence-electron chi connectivity index (χ4n) is 8.47. The van der Waals surface area contributed by atoms with E-state index >= 15 is 0 Å². The monoisotopic (exact) mass is 977 g/mol. The Hall–Kier alpha value is -3.15. The van der Waals surface area contributed by atoms with Gasteiger partial charge in [0.05, 0.1) is 0 Å². The fraction of sp³-hybridized carbons (Fsp3) is 0.766. The highest BCUT2D eigenvalue weighted by molar-refractivity contribution is 5.71. The van der Waals surface area contributed by atoms with Crippen molar-refractivity contribution in [1.82, 2.24) is 0 Å². The molecule has 6 nitrogen and oxygen atoms in total. The van der Waals surface area contributed by atoms with E-state index in [0.717, 1.165) is 109 Å². The Kier molecular flexibility index (Phi) is 55.8. The van der Waals surface area contributed by atoms with E-state index in [-0.39, 0.29) is 31.1 Å². The van der Waals surface area contributed by atoms with Crippen molar-refractivity contribution in [3.8, 4) is 0 Å². The van der Waals surface area contributed by atoms with E-state index in [1.807, 2.05) is 0 Å². The van der Waals surface area contributed by atoms with Crippen LogP contribution < -0.4 is 0 Å². The van der Waals surface area contributed by atoms with Gasteiger partial charge in [0.15, 0.2) is 6.10 Å². The van der Waals surface area contributed by atoms with Crippen molar-refractivity contribution in [2.75, 3.05) is 13.2 Å². The zero-order valence-electron chi connectivity index (χ0n) is 46.3. The lowest BCUT2D eigenvalue weighted by atomic mass is 10.0. The molecule has 0 fully saturated rings. The summed E-state index contributed by atoms with van der Waals surface area (Å²) < 4.78 is 16.9. The van der Waals surface area contributed by atoms with Crippen LogP contribution in [0.3, 0.4) is 0 Å². The summed E-state index contributed by atoms with van der Waals surface area (Å²) in [5, 5.41) is 0. The minimum absolute atomic E-state index is 0.0796. The first-order valence-corrected chi connectivity index (χ1v) is 29.9. The Morgan fingerprint density at radius 3 is 0.929 bits per heavy atom. The number of esters is 3. The van der Waals surface area contributed by atoms with Crippen LogP contribution in [0.4, 0.5) is 0 Å². The maximum atomic E-state index is 12.9. The van der Waals surface area contributed by atoms with E-state index in [2.05, 4.69) is 93.7 Å². The van der Waals surface area contributed by atoms with Crippen molar-refractivity contribution in [3.05, 3.63) is 72.9 Å². The molecule has 0 aliphatic rings. The third-order valence-electron chi connectivity index (χ3n) is 12.9. The lowest BCUT2D eigenvalue weighted by Crippen LogP contribution is -2.30.